The number of nitrogens with zero attached hydrogens (tertiary/aromatic N) is 2. The standard InChI is InChI=1S/C16H15BrN2O/c1-11-9-12(7-8-14(11)17)20-10-15-13-5-3-4-6-16(13)19(2)18-15/h3-9H,10H2,1-2H3. The van der Waals surface area contributed by atoms with E-state index >= 15 is 0 Å². The highest BCUT2D eigenvalue weighted by molar-refractivity contribution is 9.10. The molecule has 3 nitrogen and oxygen atoms in total. The number of aromatic nitrogens is 2. The number of benzene rings is 2. The summed E-state index contributed by atoms with van der Waals surface area (Å²) in [4.78, 5) is 0. The maximum atomic E-state index is 5.85. The molecule has 0 aliphatic rings. The van der Waals surface area contributed by atoms with Crippen molar-refractivity contribution < 1.29 is 4.74 Å². The summed E-state index contributed by atoms with van der Waals surface area (Å²) in [5.74, 6) is 0.862. The Morgan fingerprint density at radius 3 is 2.80 bits per heavy atom. The third-order valence-corrected chi connectivity index (χ3v) is 4.23. The van der Waals surface area contributed by atoms with Crippen LogP contribution in [0.5, 0.6) is 5.75 Å². The summed E-state index contributed by atoms with van der Waals surface area (Å²) in [7, 11) is 1.95. The fourth-order valence-corrected chi connectivity index (χ4v) is 2.50. The molecule has 0 radical (unpaired) electrons. The maximum absolute atomic E-state index is 5.85. The number of aryl methyl sites for hydroxylation is 2. The van der Waals surface area contributed by atoms with Crippen LogP contribution in [-0.4, -0.2) is 9.78 Å². The van der Waals surface area contributed by atoms with Crippen molar-refractivity contribution >= 4 is 26.8 Å². The van der Waals surface area contributed by atoms with Crippen LogP contribution in [0.1, 0.15) is 11.3 Å². The molecular formula is C16H15BrN2O. The SMILES string of the molecule is Cc1cc(OCc2nn(C)c3ccccc23)ccc1Br. The highest BCUT2D eigenvalue weighted by Gasteiger charge is 2.08. The fourth-order valence-electron chi connectivity index (χ4n) is 2.25. The maximum Gasteiger partial charge on any atom is 0.133 e. The van der Waals surface area contributed by atoms with E-state index in [0.29, 0.717) is 6.61 Å². The summed E-state index contributed by atoms with van der Waals surface area (Å²) in [5, 5.41) is 5.67. The van der Waals surface area contributed by atoms with Gasteiger partial charge in [-0.3, -0.25) is 4.68 Å². The number of hydrogen-bond acceptors (Lipinski definition) is 2. The third kappa shape index (κ3) is 2.43. The monoisotopic (exact) mass is 330 g/mol. The van der Waals surface area contributed by atoms with E-state index in [2.05, 4.69) is 33.2 Å². The molecule has 0 aliphatic carbocycles. The number of fused-ring (bicyclic) bond motifs is 1. The van der Waals surface area contributed by atoms with Gasteiger partial charge in [0.15, 0.2) is 0 Å². The van der Waals surface area contributed by atoms with Crippen LogP contribution < -0.4 is 4.74 Å². The Morgan fingerprint density at radius 2 is 2.00 bits per heavy atom. The number of halogens is 1. The molecule has 0 spiro atoms. The Kier molecular flexibility index (Phi) is 3.49. The van der Waals surface area contributed by atoms with Crippen LogP contribution in [-0.2, 0) is 13.7 Å². The molecule has 1 heterocycles. The predicted molar refractivity (Wildman–Crippen MR) is 83.9 cm³/mol. The Labute approximate surface area is 126 Å². The van der Waals surface area contributed by atoms with E-state index in [0.717, 1.165) is 32.4 Å². The molecule has 2 aromatic carbocycles. The Bertz CT molecular complexity index is 764. The Balaban J connectivity index is 1.85. The van der Waals surface area contributed by atoms with Crippen LogP contribution in [0.25, 0.3) is 10.9 Å². The molecule has 3 aromatic rings. The van der Waals surface area contributed by atoms with Crippen LogP contribution in [0, 0.1) is 6.92 Å². The van der Waals surface area contributed by atoms with Gasteiger partial charge in [0.05, 0.1) is 5.52 Å². The van der Waals surface area contributed by atoms with Crippen molar-refractivity contribution in [3.05, 3.63) is 58.2 Å². The van der Waals surface area contributed by atoms with Crippen molar-refractivity contribution in [2.24, 2.45) is 7.05 Å². The molecule has 0 saturated heterocycles. The molecule has 3 rings (SSSR count). The van der Waals surface area contributed by atoms with Gasteiger partial charge in [-0.2, -0.15) is 5.10 Å². The molecule has 0 fully saturated rings. The second-order valence-electron chi connectivity index (χ2n) is 4.79. The van der Waals surface area contributed by atoms with E-state index in [1.165, 1.54) is 0 Å². The lowest BCUT2D eigenvalue weighted by molar-refractivity contribution is 0.301. The van der Waals surface area contributed by atoms with Gasteiger partial charge in [-0.05, 0) is 36.8 Å². The van der Waals surface area contributed by atoms with E-state index in [9.17, 15) is 0 Å². The van der Waals surface area contributed by atoms with E-state index in [1.54, 1.807) is 0 Å². The largest absolute Gasteiger partial charge is 0.487 e. The second-order valence-corrected chi connectivity index (χ2v) is 5.64. The zero-order valence-electron chi connectivity index (χ0n) is 11.4. The number of para-hydroxylation sites is 1. The highest BCUT2D eigenvalue weighted by Crippen LogP contribution is 2.23. The fraction of sp³-hybridized carbons (Fsp3) is 0.188. The first-order valence-electron chi connectivity index (χ1n) is 6.45. The van der Waals surface area contributed by atoms with E-state index in [-0.39, 0.29) is 0 Å². The topological polar surface area (TPSA) is 27.1 Å². The van der Waals surface area contributed by atoms with Crippen molar-refractivity contribution in [2.45, 2.75) is 13.5 Å². The van der Waals surface area contributed by atoms with Gasteiger partial charge in [0, 0.05) is 16.9 Å². The summed E-state index contributed by atoms with van der Waals surface area (Å²) in [6.07, 6.45) is 0. The second kappa shape index (κ2) is 5.29. The molecule has 0 saturated carbocycles. The van der Waals surface area contributed by atoms with E-state index in [1.807, 2.05) is 49.0 Å². The van der Waals surface area contributed by atoms with Crippen LogP contribution in [0.4, 0.5) is 0 Å². The minimum Gasteiger partial charge on any atom is -0.487 e. The lowest BCUT2D eigenvalue weighted by Gasteiger charge is -2.06. The zero-order chi connectivity index (χ0) is 14.1. The molecular weight excluding hydrogens is 316 g/mol. The van der Waals surface area contributed by atoms with Gasteiger partial charge in [-0.25, -0.2) is 0 Å². The molecule has 102 valence electrons. The molecule has 0 bridgehead atoms. The lowest BCUT2D eigenvalue weighted by Crippen LogP contribution is -1.98. The molecule has 0 aliphatic heterocycles. The van der Waals surface area contributed by atoms with Crippen LogP contribution >= 0.6 is 15.9 Å². The first kappa shape index (κ1) is 13.2. The number of ether oxygens (including phenoxy) is 1. The van der Waals surface area contributed by atoms with Crippen molar-refractivity contribution in [3.8, 4) is 5.75 Å². The van der Waals surface area contributed by atoms with Crippen molar-refractivity contribution in [1.82, 2.24) is 9.78 Å². The predicted octanol–water partition coefficient (Wildman–Crippen LogP) is 4.22. The Hall–Kier alpha value is -1.81. The van der Waals surface area contributed by atoms with Crippen LogP contribution in [0.3, 0.4) is 0 Å². The zero-order valence-corrected chi connectivity index (χ0v) is 13.0. The van der Waals surface area contributed by atoms with Gasteiger partial charge in [0.1, 0.15) is 18.1 Å². The quantitative estimate of drug-likeness (QED) is 0.718. The van der Waals surface area contributed by atoms with Crippen LogP contribution in [0.2, 0.25) is 0 Å². The van der Waals surface area contributed by atoms with Gasteiger partial charge in [0.2, 0.25) is 0 Å². The molecule has 0 atom stereocenters. The Morgan fingerprint density at radius 1 is 1.20 bits per heavy atom. The third-order valence-electron chi connectivity index (χ3n) is 3.34. The molecule has 1 aromatic heterocycles. The van der Waals surface area contributed by atoms with Crippen LogP contribution in [0.15, 0.2) is 46.9 Å². The summed E-state index contributed by atoms with van der Waals surface area (Å²) >= 11 is 3.49. The summed E-state index contributed by atoms with van der Waals surface area (Å²) in [6.45, 7) is 2.52. The van der Waals surface area contributed by atoms with Crippen molar-refractivity contribution in [2.75, 3.05) is 0 Å². The summed E-state index contributed by atoms with van der Waals surface area (Å²) in [6, 6.07) is 14.2. The molecule has 0 N–H and O–H groups in total. The number of hydrogen-bond donors (Lipinski definition) is 0. The van der Waals surface area contributed by atoms with Gasteiger partial charge in [0.25, 0.3) is 0 Å². The summed E-state index contributed by atoms with van der Waals surface area (Å²) < 4.78 is 8.83. The molecule has 0 amide bonds. The molecule has 0 unspecified atom stereocenters. The van der Waals surface area contributed by atoms with Gasteiger partial charge < -0.3 is 4.74 Å². The minimum absolute atomic E-state index is 0.475. The smallest absolute Gasteiger partial charge is 0.133 e. The normalized spacial score (nSPS) is 10.9. The number of rotatable bonds is 3. The van der Waals surface area contributed by atoms with Crippen molar-refractivity contribution in [3.63, 3.8) is 0 Å². The first-order valence-corrected chi connectivity index (χ1v) is 7.24. The highest BCUT2D eigenvalue weighted by atomic mass is 79.9. The molecule has 4 heteroatoms. The van der Waals surface area contributed by atoms with Gasteiger partial charge in [-0.15, -0.1) is 0 Å². The van der Waals surface area contributed by atoms with E-state index < -0.39 is 0 Å². The molecule has 20 heavy (non-hydrogen) atoms. The average molecular weight is 331 g/mol. The van der Waals surface area contributed by atoms with Gasteiger partial charge in [-0.1, -0.05) is 34.1 Å². The first-order chi connectivity index (χ1) is 9.65. The lowest BCUT2D eigenvalue weighted by atomic mass is 10.2. The van der Waals surface area contributed by atoms with E-state index in [4.69, 9.17) is 4.74 Å². The minimum atomic E-state index is 0.475. The summed E-state index contributed by atoms with van der Waals surface area (Å²) in [5.41, 5.74) is 3.25. The van der Waals surface area contributed by atoms with Gasteiger partial charge >= 0.3 is 0 Å². The average Bonchev–Trinajstić information content (AvgIpc) is 2.78. The van der Waals surface area contributed by atoms with Crippen molar-refractivity contribution in [1.29, 1.82) is 0 Å².